The summed E-state index contributed by atoms with van der Waals surface area (Å²) in [5.74, 6) is 0.173. The van der Waals surface area contributed by atoms with Gasteiger partial charge in [0.15, 0.2) is 11.5 Å². The van der Waals surface area contributed by atoms with E-state index in [0.29, 0.717) is 27.2 Å². The number of benzene rings is 3. The lowest BCUT2D eigenvalue weighted by molar-refractivity contribution is -0.123. The molecule has 4 aliphatic rings. The molecule has 230 valence electrons. The zero-order valence-corrected chi connectivity index (χ0v) is 28.4. The number of hydrogen-bond donors (Lipinski definition) is 1. The molecule has 45 heavy (non-hydrogen) atoms. The Balaban J connectivity index is 1.14. The molecule has 1 saturated heterocycles. The Morgan fingerprint density at radius 2 is 1.71 bits per heavy atom. The molecule has 2 aliphatic carbocycles. The molecule has 2 bridgehead atoms. The van der Waals surface area contributed by atoms with E-state index >= 15 is 0 Å². The standard InChI is InChI=1S/C33H25BrCl2N2O5S2/c1-42-23-10-14(3-9-22(23)43-13-15-2-6-17(35)11-21(15)36)24-25-19-12-20(28(25)44-30-29(24)45-33(41)37-30)27-26(19)31(39)38(32(27)40)18-7-4-16(34)5-8-18/h2-11,19-20,24-28H,12-13H2,1H3,(H,37,41)/t19-,20-,24+,25+,26+,27+,28-/m1/s1. The smallest absolute Gasteiger partial charge is 0.305 e. The van der Waals surface area contributed by atoms with Gasteiger partial charge in [0.05, 0.1) is 29.7 Å². The molecule has 3 aromatic carbocycles. The molecule has 1 N–H and O–H groups in total. The van der Waals surface area contributed by atoms with Crippen LogP contribution in [0.2, 0.25) is 10.0 Å². The minimum absolute atomic E-state index is 0.0127. The highest BCUT2D eigenvalue weighted by atomic mass is 79.9. The van der Waals surface area contributed by atoms with Crippen LogP contribution in [0.15, 0.2) is 75.0 Å². The van der Waals surface area contributed by atoms with Crippen molar-refractivity contribution in [1.82, 2.24) is 4.98 Å². The van der Waals surface area contributed by atoms with Gasteiger partial charge in [0.25, 0.3) is 0 Å². The predicted octanol–water partition coefficient (Wildman–Crippen LogP) is 7.77. The molecular weight excluding hydrogens is 719 g/mol. The van der Waals surface area contributed by atoms with Gasteiger partial charge < -0.3 is 14.5 Å². The third-order valence-corrected chi connectivity index (χ3v) is 13.5. The van der Waals surface area contributed by atoms with Crippen LogP contribution in [0.1, 0.15) is 28.3 Å². The van der Waals surface area contributed by atoms with E-state index in [1.165, 1.54) is 16.2 Å². The van der Waals surface area contributed by atoms with E-state index < -0.39 is 0 Å². The van der Waals surface area contributed by atoms with Crippen molar-refractivity contribution in [2.24, 2.45) is 29.6 Å². The first-order chi connectivity index (χ1) is 21.7. The van der Waals surface area contributed by atoms with Crippen LogP contribution < -0.4 is 19.2 Å². The van der Waals surface area contributed by atoms with Gasteiger partial charge in [-0.15, -0.1) is 11.8 Å². The summed E-state index contributed by atoms with van der Waals surface area (Å²) in [5.41, 5.74) is 2.39. The highest BCUT2D eigenvalue weighted by Crippen LogP contribution is 2.68. The van der Waals surface area contributed by atoms with Crippen LogP contribution in [-0.2, 0) is 16.2 Å². The van der Waals surface area contributed by atoms with Crippen molar-refractivity contribution < 1.29 is 19.1 Å². The lowest BCUT2D eigenvalue weighted by Crippen LogP contribution is -2.42. The fraction of sp³-hybridized carbons (Fsp3) is 0.303. The number of fused-ring (bicyclic) bond motifs is 9. The molecule has 7 atom stereocenters. The molecule has 12 heteroatoms. The molecule has 0 radical (unpaired) electrons. The molecule has 2 amide bonds. The van der Waals surface area contributed by atoms with Gasteiger partial charge in [0.1, 0.15) is 6.61 Å². The van der Waals surface area contributed by atoms with Crippen LogP contribution in [0.3, 0.4) is 0 Å². The van der Waals surface area contributed by atoms with Gasteiger partial charge in [-0.1, -0.05) is 62.6 Å². The summed E-state index contributed by atoms with van der Waals surface area (Å²) >= 11 is 18.8. The number of anilines is 1. The third kappa shape index (κ3) is 4.70. The molecule has 8 rings (SSSR count). The molecule has 1 aromatic heterocycles. The first-order valence-corrected chi connectivity index (χ1v) is 17.8. The number of carbonyl (C=O) groups is 2. The van der Waals surface area contributed by atoms with Crippen molar-refractivity contribution >= 4 is 79.7 Å². The number of halogens is 3. The van der Waals surface area contributed by atoms with Crippen LogP contribution in [0.25, 0.3) is 0 Å². The summed E-state index contributed by atoms with van der Waals surface area (Å²) in [6.45, 7) is 0.234. The van der Waals surface area contributed by atoms with Crippen molar-refractivity contribution in [3.63, 3.8) is 0 Å². The number of H-pyrrole nitrogens is 1. The zero-order valence-electron chi connectivity index (χ0n) is 23.7. The average Bonchev–Trinajstić information content (AvgIpc) is 3.76. The predicted molar refractivity (Wildman–Crippen MR) is 179 cm³/mol. The summed E-state index contributed by atoms with van der Waals surface area (Å²) < 4.78 is 12.8. The van der Waals surface area contributed by atoms with E-state index in [4.69, 9.17) is 32.7 Å². The number of rotatable bonds is 6. The van der Waals surface area contributed by atoms with E-state index in [2.05, 4.69) is 20.9 Å². The van der Waals surface area contributed by atoms with Gasteiger partial charge in [-0.2, -0.15) is 0 Å². The van der Waals surface area contributed by atoms with Gasteiger partial charge in [0.2, 0.25) is 11.8 Å². The van der Waals surface area contributed by atoms with Gasteiger partial charge in [-0.3, -0.25) is 19.3 Å². The molecule has 4 aromatic rings. The SMILES string of the molecule is COc1cc([C@@H]2c3sc(=O)[nH]c3S[C@@H]3[C@@H]4C[C@@H]([C@@H]5C(=O)N(c6ccc(Br)cc6)C(=O)[C@@H]45)[C@@H]23)ccc1OCc1ccc(Cl)cc1Cl. The third-order valence-electron chi connectivity index (χ3n) is 9.75. The fourth-order valence-electron chi connectivity index (χ4n) is 8.03. The van der Waals surface area contributed by atoms with E-state index in [1.54, 1.807) is 31.0 Å². The van der Waals surface area contributed by atoms with Crippen LogP contribution in [-0.4, -0.2) is 29.2 Å². The molecule has 0 spiro atoms. The van der Waals surface area contributed by atoms with Crippen LogP contribution in [0.4, 0.5) is 5.69 Å². The van der Waals surface area contributed by atoms with Gasteiger partial charge in [-0.25, -0.2) is 0 Å². The van der Waals surface area contributed by atoms with Crippen molar-refractivity contribution in [3.8, 4) is 11.5 Å². The van der Waals surface area contributed by atoms with Crippen molar-refractivity contribution in [2.45, 2.75) is 29.2 Å². The molecule has 3 fully saturated rings. The number of hydrogen-bond acceptors (Lipinski definition) is 7. The first-order valence-electron chi connectivity index (χ1n) is 14.5. The Hall–Kier alpha value is -2.76. The summed E-state index contributed by atoms with van der Waals surface area (Å²) in [4.78, 5) is 45.8. The van der Waals surface area contributed by atoms with Crippen LogP contribution >= 0.6 is 62.2 Å². The lowest BCUT2D eigenvalue weighted by Gasteiger charge is -2.43. The van der Waals surface area contributed by atoms with E-state index in [-0.39, 0.29) is 64.1 Å². The van der Waals surface area contributed by atoms with Crippen molar-refractivity contribution in [2.75, 3.05) is 12.0 Å². The number of imide groups is 1. The maximum Gasteiger partial charge on any atom is 0.305 e. The lowest BCUT2D eigenvalue weighted by atomic mass is 9.68. The van der Waals surface area contributed by atoms with E-state index in [0.717, 1.165) is 31.9 Å². The molecule has 2 saturated carbocycles. The normalized spacial score (nSPS) is 27.8. The molecule has 2 aliphatic heterocycles. The number of carbonyl (C=O) groups excluding carboxylic acids is 2. The number of nitrogens with zero attached hydrogens (tertiary/aromatic N) is 1. The van der Waals surface area contributed by atoms with Gasteiger partial charge in [-0.05, 0) is 78.3 Å². The molecule has 3 heterocycles. The largest absolute Gasteiger partial charge is 0.493 e. The topological polar surface area (TPSA) is 88.7 Å². The minimum Gasteiger partial charge on any atom is -0.493 e. The second-order valence-electron chi connectivity index (χ2n) is 11.9. The molecule has 7 nitrogen and oxygen atoms in total. The Morgan fingerprint density at radius 3 is 2.44 bits per heavy atom. The second kappa shape index (κ2) is 11.2. The van der Waals surface area contributed by atoms with Crippen LogP contribution in [0, 0.1) is 29.6 Å². The zero-order chi connectivity index (χ0) is 31.1. The van der Waals surface area contributed by atoms with Crippen molar-refractivity contribution in [3.05, 3.63) is 101 Å². The number of nitrogens with one attached hydrogen (secondary N) is 1. The monoisotopic (exact) mass is 742 g/mol. The number of aromatic amines is 1. The van der Waals surface area contributed by atoms with Crippen molar-refractivity contribution in [1.29, 1.82) is 0 Å². The Morgan fingerprint density at radius 1 is 0.956 bits per heavy atom. The number of methoxy groups -OCH3 is 1. The maximum atomic E-state index is 14.0. The first kappa shape index (κ1) is 29.6. The second-order valence-corrected chi connectivity index (χ2v) is 15.8. The highest BCUT2D eigenvalue weighted by Gasteiger charge is 2.69. The number of thioether (sulfide) groups is 1. The average molecular weight is 745 g/mol. The molecular formula is C33H25BrCl2N2O5S2. The highest BCUT2D eigenvalue weighted by molar-refractivity contribution is 9.10. The van der Waals surface area contributed by atoms with E-state index in [9.17, 15) is 14.4 Å². The number of thiazole rings is 1. The Kier molecular flexibility index (Phi) is 7.37. The summed E-state index contributed by atoms with van der Waals surface area (Å²) in [5, 5.41) is 2.03. The Labute approximate surface area is 285 Å². The fourth-order valence-corrected chi connectivity index (χ4v) is 11.6. The van der Waals surface area contributed by atoms with Crippen LogP contribution in [0.5, 0.6) is 11.5 Å². The number of aromatic nitrogens is 1. The Bertz CT molecular complexity index is 1930. The summed E-state index contributed by atoms with van der Waals surface area (Å²) in [6, 6.07) is 18.5. The van der Waals surface area contributed by atoms with Gasteiger partial charge in [0, 0.05) is 36.1 Å². The summed E-state index contributed by atoms with van der Waals surface area (Å²) in [6.07, 6.45) is 0.819. The van der Waals surface area contributed by atoms with E-state index in [1.807, 2.05) is 48.5 Å². The van der Waals surface area contributed by atoms with Gasteiger partial charge >= 0.3 is 4.87 Å². The summed E-state index contributed by atoms with van der Waals surface area (Å²) in [7, 11) is 1.60. The quantitative estimate of drug-likeness (QED) is 0.203. The number of ether oxygens (including phenoxy) is 2. The maximum absolute atomic E-state index is 14.0. The molecule has 0 unspecified atom stereocenters. The minimum atomic E-state index is -0.374. The number of amides is 2.